The Hall–Kier alpha value is -2.92. The molecule has 1 saturated heterocycles. The van der Waals surface area contributed by atoms with E-state index in [2.05, 4.69) is 22.6 Å². The maximum absolute atomic E-state index is 15.6. The number of aryl methyl sites for hydroxylation is 2. The van der Waals surface area contributed by atoms with Crippen LogP contribution in [0.25, 0.3) is 0 Å². The first-order valence-corrected chi connectivity index (χ1v) is 17.0. The average Bonchev–Trinajstić information content (AvgIpc) is 3.51. The number of aromatic nitrogens is 3. The molecule has 1 aromatic heterocycles. The van der Waals surface area contributed by atoms with Crippen molar-refractivity contribution in [1.29, 1.82) is 0 Å². The molecule has 3 aromatic rings. The van der Waals surface area contributed by atoms with Crippen LogP contribution in [0.2, 0.25) is 18.6 Å². The Morgan fingerprint density at radius 1 is 1.15 bits per heavy atom. The largest absolute Gasteiger partial charge is 0.395 e. The number of halogens is 1. The van der Waals surface area contributed by atoms with Gasteiger partial charge in [-0.15, -0.1) is 5.10 Å². The summed E-state index contributed by atoms with van der Waals surface area (Å²) in [6.45, 7) is 7.55. The third-order valence-corrected chi connectivity index (χ3v) is 10.4. The summed E-state index contributed by atoms with van der Waals surface area (Å²) in [4.78, 5) is 11.8. The molecule has 0 saturated carbocycles. The van der Waals surface area contributed by atoms with Gasteiger partial charge in [0.15, 0.2) is 0 Å². The number of aliphatic hydroxyl groups is 2. The molecule has 1 aliphatic heterocycles. The number of amides is 1. The summed E-state index contributed by atoms with van der Waals surface area (Å²) in [6, 6.07) is 17.3. The number of anilines is 1. The second kappa shape index (κ2) is 13.2. The summed E-state index contributed by atoms with van der Waals surface area (Å²) in [5.74, 6) is -0.610. The van der Waals surface area contributed by atoms with Gasteiger partial charge in [-0.3, -0.25) is 9.48 Å². The molecule has 2 heterocycles. The molecule has 1 unspecified atom stereocenters. The molecule has 40 heavy (non-hydrogen) atoms. The second-order valence-corrected chi connectivity index (χ2v) is 15.2. The molecule has 1 aliphatic rings. The van der Waals surface area contributed by atoms with Gasteiger partial charge in [-0.2, -0.15) is 0 Å². The first-order valence-electron chi connectivity index (χ1n) is 14.0. The molecule has 0 bridgehead atoms. The van der Waals surface area contributed by atoms with E-state index in [1.807, 2.05) is 54.7 Å². The van der Waals surface area contributed by atoms with E-state index in [4.69, 9.17) is 4.74 Å². The molecular formula is C30H41FN4O4Si. The molecule has 0 spiro atoms. The minimum absolute atomic E-state index is 0.0623. The minimum Gasteiger partial charge on any atom is -0.395 e. The number of carbonyl (C=O) groups excluding carboxylic acids is 1. The molecular weight excluding hydrogens is 527 g/mol. The number of nitrogens with zero attached hydrogens (tertiary/aromatic N) is 3. The zero-order valence-electron chi connectivity index (χ0n) is 23.7. The highest BCUT2D eigenvalue weighted by Crippen LogP contribution is 2.47. The zero-order chi connectivity index (χ0) is 28.9. The lowest BCUT2D eigenvalue weighted by Crippen LogP contribution is -2.36. The topological polar surface area (TPSA) is 110 Å². The lowest BCUT2D eigenvalue weighted by atomic mass is 9.95. The van der Waals surface area contributed by atoms with E-state index in [1.165, 1.54) is 6.92 Å². The Morgan fingerprint density at radius 2 is 1.90 bits per heavy atom. The van der Waals surface area contributed by atoms with Gasteiger partial charge < -0.3 is 24.4 Å². The van der Waals surface area contributed by atoms with Crippen molar-refractivity contribution in [2.24, 2.45) is 5.92 Å². The van der Waals surface area contributed by atoms with Crippen LogP contribution < -0.4 is 5.32 Å². The molecule has 1 amide bonds. The zero-order valence-corrected chi connectivity index (χ0v) is 24.7. The Bertz CT molecular complexity index is 1250. The van der Waals surface area contributed by atoms with E-state index in [0.717, 1.165) is 24.0 Å². The summed E-state index contributed by atoms with van der Waals surface area (Å²) in [6.07, 6.45) is 2.60. The van der Waals surface area contributed by atoms with Crippen molar-refractivity contribution in [1.82, 2.24) is 15.0 Å². The lowest BCUT2D eigenvalue weighted by Gasteiger charge is -2.28. The van der Waals surface area contributed by atoms with Gasteiger partial charge in [0.05, 0.1) is 30.4 Å². The third kappa shape index (κ3) is 7.42. The van der Waals surface area contributed by atoms with Crippen LogP contribution in [0.15, 0.2) is 60.8 Å². The first kappa shape index (κ1) is 30.0. The molecule has 3 N–H and O–H groups in total. The fourth-order valence-corrected chi connectivity index (χ4v) is 8.50. The van der Waals surface area contributed by atoms with Crippen LogP contribution in [0.4, 0.5) is 9.80 Å². The molecule has 4 rings (SSSR count). The van der Waals surface area contributed by atoms with Gasteiger partial charge in [-0.25, -0.2) is 0 Å². The Morgan fingerprint density at radius 3 is 2.58 bits per heavy atom. The maximum atomic E-state index is 15.6. The summed E-state index contributed by atoms with van der Waals surface area (Å²) in [5, 5.41) is 30.8. The Labute approximate surface area is 236 Å². The Balaban J connectivity index is 1.39. The molecule has 10 heteroatoms. The normalized spacial score (nSPS) is 22.7. The summed E-state index contributed by atoms with van der Waals surface area (Å²) < 4.78 is 23.9. The van der Waals surface area contributed by atoms with E-state index in [9.17, 15) is 15.0 Å². The number of benzene rings is 2. The van der Waals surface area contributed by atoms with Crippen molar-refractivity contribution in [3.63, 3.8) is 0 Å². The fraction of sp³-hybridized carbons (Fsp3) is 0.500. The first-order chi connectivity index (χ1) is 19.1. The molecule has 216 valence electrons. The highest BCUT2D eigenvalue weighted by molar-refractivity contribution is 6.72. The highest BCUT2D eigenvalue weighted by Gasteiger charge is 2.50. The van der Waals surface area contributed by atoms with Crippen molar-refractivity contribution < 1.29 is 23.9 Å². The van der Waals surface area contributed by atoms with Crippen molar-refractivity contribution in [2.45, 2.75) is 82.5 Å². The number of aliphatic hydroxyl groups excluding tert-OH is 2. The molecule has 0 radical (unpaired) electrons. The van der Waals surface area contributed by atoms with Crippen LogP contribution in [0.1, 0.15) is 49.4 Å². The number of hydrogen-bond acceptors (Lipinski definition) is 6. The molecule has 0 aliphatic carbocycles. The van der Waals surface area contributed by atoms with Crippen molar-refractivity contribution in [3.8, 4) is 0 Å². The number of rotatable bonds is 12. The number of ether oxygens (including phenoxy) is 1. The van der Waals surface area contributed by atoms with E-state index >= 15 is 4.11 Å². The standard InChI is InChI=1S/C30H41FN4O4Si/c1-20-27(14-13-22-9-8-12-24(17-22)32-30(38)21(2)37)39-28(29(20)40(3,4)31)15-16-35-18-26(33-34-35)25(19-36)23-10-6-5-7-11-23/h5-12,17-18,20-21,25,27-29,36-37H,13-16,19H2,1-4H3,(H,32,38)/t20-,21-,25?,27+,28-,29+/m0/s1. The van der Waals surface area contributed by atoms with Crippen LogP contribution in [-0.4, -0.2) is 64.4 Å². The molecule has 1 fully saturated rings. The maximum Gasteiger partial charge on any atom is 0.252 e. The molecule has 8 nitrogen and oxygen atoms in total. The summed E-state index contributed by atoms with van der Waals surface area (Å²) >= 11 is 0. The van der Waals surface area contributed by atoms with Gasteiger partial charge in [0.2, 0.25) is 8.41 Å². The third-order valence-electron chi connectivity index (χ3n) is 7.93. The lowest BCUT2D eigenvalue weighted by molar-refractivity contribution is -0.123. The molecule has 2 aromatic carbocycles. The van der Waals surface area contributed by atoms with Crippen LogP contribution in [0.3, 0.4) is 0 Å². The minimum atomic E-state index is -3.01. The highest BCUT2D eigenvalue weighted by atomic mass is 28.4. The van der Waals surface area contributed by atoms with Crippen LogP contribution in [0.5, 0.6) is 0 Å². The SMILES string of the molecule is C[C@@H]1[C@@H]([Si](C)(C)F)[C@H](CCn2cc(C(CO)c3ccccc3)nn2)O[C@@H]1CCc1cccc(NC(=O)[C@H](C)O)c1. The van der Waals surface area contributed by atoms with E-state index in [1.54, 1.807) is 23.8 Å². The van der Waals surface area contributed by atoms with Gasteiger partial charge in [-0.1, -0.05) is 54.6 Å². The van der Waals surface area contributed by atoms with Gasteiger partial charge in [0, 0.05) is 24.0 Å². The van der Waals surface area contributed by atoms with Crippen LogP contribution in [0, 0.1) is 5.92 Å². The van der Waals surface area contributed by atoms with Crippen molar-refractivity contribution >= 4 is 20.0 Å². The Kier molecular flexibility index (Phi) is 9.89. The van der Waals surface area contributed by atoms with Crippen molar-refractivity contribution in [3.05, 3.63) is 77.6 Å². The van der Waals surface area contributed by atoms with E-state index in [-0.39, 0.29) is 36.2 Å². The van der Waals surface area contributed by atoms with E-state index < -0.39 is 20.4 Å². The van der Waals surface area contributed by atoms with Gasteiger partial charge >= 0.3 is 0 Å². The smallest absolute Gasteiger partial charge is 0.252 e. The number of carbonyl (C=O) groups is 1. The predicted octanol–water partition coefficient (Wildman–Crippen LogP) is 4.69. The average molecular weight is 569 g/mol. The fourth-order valence-electron chi connectivity index (χ4n) is 5.91. The number of nitrogens with one attached hydrogen (secondary N) is 1. The van der Waals surface area contributed by atoms with Crippen LogP contribution >= 0.6 is 0 Å². The predicted molar refractivity (Wildman–Crippen MR) is 155 cm³/mol. The second-order valence-electron chi connectivity index (χ2n) is 11.4. The summed E-state index contributed by atoms with van der Waals surface area (Å²) in [5.41, 5.74) is 3.24. The monoisotopic (exact) mass is 568 g/mol. The summed E-state index contributed by atoms with van der Waals surface area (Å²) in [7, 11) is -3.01. The van der Waals surface area contributed by atoms with Crippen molar-refractivity contribution in [2.75, 3.05) is 11.9 Å². The van der Waals surface area contributed by atoms with E-state index in [0.29, 0.717) is 24.3 Å². The van der Waals surface area contributed by atoms with Gasteiger partial charge in [0.25, 0.3) is 5.91 Å². The van der Waals surface area contributed by atoms with Crippen LogP contribution in [-0.2, 0) is 22.5 Å². The number of hydrogen-bond donors (Lipinski definition) is 3. The quantitative estimate of drug-likeness (QED) is 0.216. The van der Waals surface area contributed by atoms with Gasteiger partial charge in [0.1, 0.15) is 6.10 Å². The van der Waals surface area contributed by atoms with Gasteiger partial charge in [-0.05, 0) is 68.5 Å². The molecule has 6 atom stereocenters.